The number of aromatic nitrogens is 3. The molecule has 0 aliphatic carbocycles. The maximum atomic E-state index is 12.4. The summed E-state index contributed by atoms with van der Waals surface area (Å²) in [6.07, 6.45) is 1.64. The molecule has 0 atom stereocenters. The smallest absolute Gasteiger partial charge is 0.274 e. The first kappa shape index (κ1) is 13.3. The lowest BCUT2D eigenvalue weighted by atomic mass is 10.1. The number of carbonyl (C=O) groups is 1. The van der Waals surface area contributed by atoms with Crippen LogP contribution in [0.3, 0.4) is 0 Å². The lowest BCUT2D eigenvalue weighted by molar-refractivity contribution is 0.102. The molecule has 5 heteroatoms. The number of hydrogen-bond donors (Lipinski definition) is 1. The average molecular weight is 280 g/mol. The lowest BCUT2D eigenvalue weighted by Gasteiger charge is -2.07. The number of amides is 1. The van der Waals surface area contributed by atoms with Gasteiger partial charge in [-0.05, 0) is 31.5 Å². The Hall–Kier alpha value is -2.69. The van der Waals surface area contributed by atoms with Gasteiger partial charge in [0.2, 0.25) is 0 Å². The molecule has 0 spiro atoms. The molecule has 0 saturated heterocycles. The van der Waals surface area contributed by atoms with E-state index in [1.165, 1.54) is 0 Å². The summed E-state index contributed by atoms with van der Waals surface area (Å²) < 4.78 is 1.72. The number of anilines is 1. The van der Waals surface area contributed by atoms with E-state index in [1.54, 1.807) is 10.9 Å². The summed E-state index contributed by atoms with van der Waals surface area (Å²) >= 11 is 0. The molecule has 0 aliphatic heterocycles. The van der Waals surface area contributed by atoms with Crippen LogP contribution in [-0.2, 0) is 7.05 Å². The van der Waals surface area contributed by atoms with E-state index in [2.05, 4.69) is 15.4 Å². The van der Waals surface area contributed by atoms with Crippen molar-refractivity contribution in [2.45, 2.75) is 13.8 Å². The van der Waals surface area contributed by atoms with E-state index in [-0.39, 0.29) is 5.91 Å². The lowest BCUT2D eigenvalue weighted by Crippen LogP contribution is -2.14. The Bertz CT molecular complexity index is 835. The highest BCUT2D eigenvalue weighted by atomic mass is 16.1. The Kier molecular flexibility index (Phi) is 3.17. The van der Waals surface area contributed by atoms with Crippen LogP contribution >= 0.6 is 0 Å². The fraction of sp³-hybridized carbons (Fsp3) is 0.188. The van der Waals surface area contributed by atoms with Gasteiger partial charge in [0.05, 0.1) is 23.1 Å². The molecule has 0 radical (unpaired) electrons. The van der Waals surface area contributed by atoms with E-state index in [0.29, 0.717) is 11.4 Å². The summed E-state index contributed by atoms with van der Waals surface area (Å²) in [6.45, 7) is 3.89. The number of hydrogen-bond acceptors (Lipinski definition) is 3. The first-order chi connectivity index (χ1) is 10.1. The Balaban J connectivity index is 1.96. The fourth-order valence-corrected chi connectivity index (χ4v) is 2.27. The topological polar surface area (TPSA) is 59.8 Å². The highest BCUT2D eigenvalue weighted by Crippen LogP contribution is 2.19. The molecule has 0 bridgehead atoms. The van der Waals surface area contributed by atoms with Crippen LogP contribution in [0.4, 0.5) is 5.69 Å². The van der Waals surface area contributed by atoms with Crippen LogP contribution in [-0.4, -0.2) is 20.7 Å². The minimum Gasteiger partial charge on any atom is -0.318 e. The molecule has 1 aromatic carbocycles. The Morgan fingerprint density at radius 2 is 2.00 bits per heavy atom. The molecule has 0 saturated carbocycles. The van der Waals surface area contributed by atoms with Gasteiger partial charge in [0.15, 0.2) is 0 Å². The van der Waals surface area contributed by atoms with Crippen molar-refractivity contribution in [3.05, 3.63) is 53.5 Å². The van der Waals surface area contributed by atoms with Gasteiger partial charge in [-0.2, -0.15) is 5.10 Å². The quantitative estimate of drug-likeness (QED) is 0.785. The number of rotatable bonds is 2. The van der Waals surface area contributed by atoms with Gasteiger partial charge in [-0.15, -0.1) is 0 Å². The molecule has 2 aromatic heterocycles. The van der Waals surface area contributed by atoms with Gasteiger partial charge in [-0.25, -0.2) is 4.98 Å². The third kappa shape index (κ3) is 2.38. The number of carbonyl (C=O) groups excluding carboxylic acids is 1. The summed E-state index contributed by atoms with van der Waals surface area (Å²) in [5.74, 6) is -0.222. The van der Waals surface area contributed by atoms with Gasteiger partial charge in [0.1, 0.15) is 5.69 Å². The summed E-state index contributed by atoms with van der Waals surface area (Å²) in [6, 6.07) is 9.61. The molecule has 0 unspecified atom stereocenters. The third-order valence-electron chi connectivity index (χ3n) is 3.64. The predicted octanol–water partition coefficient (Wildman–Crippen LogP) is 2.84. The first-order valence-corrected chi connectivity index (χ1v) is 6.72. The zero-order valence-electron chi connectivity index (χ0n) is 12.2. The normalized spacial score (nSPS) is 10.8. The highest BCUT2D eigenvalue weighted by molar-refractivity contribution is 6.04. The van der Waals surface area contributed by atoms with Gasteiger partial charge in [-0.1, -0.05) is 18.2 Å². The van der Waals surface area contributed by atoms with Gasteiger partial charge < -0.3 is 5.32 Å². The largest absolute Gasteiger partial charge is 0.318 e. The molecule has 5 nitrogen and oxygen atoms in total. The van der Waals surface area contributed by atoms with Gasteiger partial charge >= 0.3 is 0 Å². The molecule has 3 aromatic rings. The number of pyridine rings is 1. The average Bonchev–Trinajstić information content (AvgIpc) is 2.79. The highest BCUT2D eigenvalue weighted by Gasteiger charge is 2.13. The number of aryl methyl sites for hydroxylation is 2. The number of fused-ring (bicyclic) bond motifs is 1. The van der Waals surface area contributed by atoms with E-state index in [4.69, 9.17) is 0 Å². The zero-order chi connectivity index (χ0) is 15.0. The monoisotopic (exact) mass is 280 g/mol. The fourth-order valence-electron chi connectivity index (χ4n) is 2.27. The summed E-state index contributed by atoms with van der Waals surface area (Å²) in [5, 5.41) is 8.03. The van der Waals surface area contributed by atoms with Crippen molar-refractivity contribution in [1.82, 2.24) is 14.8 Å². The van der Waals surface area contributed by atoms with Crippen LogP contribution < -0.4 is 5.32 Å². The molecule has 0 fully saturated rings. The minimum atomic E-state index is -0.222. The molecular formula is C16H16N4O. The number of benzene rings is 1. The molecule has 1 amide bonds. The van der Waals surface area contributed by atoms with E-state index in [0.717, 1.165) is 22.2 Å². The van der Waals surface area contributed by atoms with E-state index < -0.39 is 0 Å². The molecular weight excluding hydrogens is 264 g/mol. The molecule has 2 heterocycles. The zero-order valence-corrected chi connectivity index (χ0v) is 12.2. The van der Waals surface area contributed by atoms with Crippen molar-refractivity contribution < 1.29 is 4.79 Å². The van der Waals surface area contributed by atoms with Crippen LogP contribution in [0, 0.1) is 13.8 Å². The van der Waals surface area contributed by atoms with Crippen LogP contribution in [0.5, 0.6) is 0 Å². The molecule has 106 valence electrons. The van der Waals surface area contributed by atoms with Crippen LogP contribution in [0.15, 0.2) is 36.5 Å². The molecule has 1 N–H and O–H groups in total. The summed E-state index contributed by atoms with van der Waals surface area (Å²) in [4.78, 5) is 16.8. The van der Waals surface area contributed by atoms with Crippen molar-refractivity contribution in [3.63, 3.8) is 0 Å². The number of nitrogens with one attached hydrogen (secondary N) is 1. The van der Waals surface area contributed by atoms with Crippen molar-refractivity contribution in [2.24, 2.45) is 7.05 Å². The van der Waals surface area contributed by atoms with Gasteiger partial charge in [-0.3, -0.25) is 9.48 Å². The third-order valence-corrected chi connectivity index (χ3v) is 3.64. The maximum Gasteiger partial charge on any atom is 0.274 e. The van der Waals surface area contributed by atoms with Crippen molar-refractivity contribution in [3.8, 4) is 0 Å². The SMILES string of the molecule is Cc1cc(C(=O)Nc2cnn(C)c2C)nc2ccccc12. The Morgan fingerprint density at radius 1 is 1.24 bits per heavy atom. The Labute approximate surface area is 122 Å². The maximum absolute atomic E-state index is 12.4. The van der Waals surface area contributed by atoms with Gasteiger partial charge in [0, 0.05) is 12.4 Å². The summed E-state index contributed by atoms with van der Waals surface area (Å²) in [5.41, 5.74) is 3.88. The van der Waals surface area contributed by atoms with Crippen LogP contribution in [0.2, 0.25) is 0 Å². The second-order valence-electron chi connectivity index (χ2n) is 5.06. The second kappa shape index (κ2) is 5.01. The van der Waals surface area contributed by atoms with Gasteiger partial charge in [0.25, 0.3) is 5.91 Å². The van der Waals surface area contributed by atoms with E-state index in [9.17, 15) is 4.79 Å². The molecule has 3 rings (SSSR count). The first-order valence-electron chi connectivity index (χ1n) is 6.72. The van der Waals surface area contributed by atoms with E-state index >= 15 is 0 Å². The van der Waals surface area contributed by atoms with Crippen LogP contribution in [0.25, 0.3) is 10.9 Å². The van der Waals surface area contributed by atoms with Crippen molar-refractivity contribution >= 4 is 22.5 Å². The summed E-state index contributed by atoms with van der Waals surface area (Å²) in [7, 11) is 1.84. The number of para-hydroxylation sites is 1. The molecule has 0 aliphatic rings. The number of nitrogens with zero attached hydrogens (tertiary/aromatic N) is 3. The van der Waals surface area contributed by atoms with Crippen LogP contribution in [0.1, 0.15) is 21.7 Å². The minimum absolute atomic E-state index is 0.222. The van der Waals surface area contributed by atoms with E-state index in [1.807, 2.05) is 51.2 Å². The Morgan fingerprint density at radius 3 is 2.71 bits per heavy atom. The standard InChI is InChI=1S/C16H16N4O/c1-10-8-14(18-13-7-5-4-6-12(10)13)16(21)19-15-9-17-20(3)11(15)2/h4-9H,1-3H3,(H,19,21). The second-order valence-corrected chi connectivity index (χ2v) is 5.06. The van der Waals surface area contributed by atoms with Crippen molar-refractivity contribution in [2.75, 3.05) is 5.32 Å². The predicted molar refractivity (Wildman–Crippen MR) is 82.4 cm³/mol. The van der Waals surface area contributed by atoms with Crippen molar-refractivity contribution in [1.29, 1.82) is 0 Å². The molecule has 21 heavy (non-hydrogen) atoms.